The van der Waals surface area contributed by atoms with Gasteiger partial charge in [0.2, 0.25) is 0 Å². The second-order valence-electron chi connectivity index (χ2n) is 7.06. The Bertz CT molecular complexity index is 814. The van der Waals surface area contributed by atoms with E-state index >= 15 is 0 Å². The molecule has 1 unspecified atom stereocenters. The van der Waals surface area contributed by atoms with Gasteiger partial charge in [-0.2, -0.15) is 0 Å². The number of hydrogen-bond donors (Lipinski definition) is 2. The maximum atomic E-state index is 13.2. The van der Waals surface area contributed by atoms with E-state index in [1.165, 1.54) is 37.4 Å². The molecule has 6 nitrogen and oxygen atoms in total. The molecule has 0 bridgehead atoms. The van der Waals surface area contributed by atoms with Gasteiger partial charge in [0, 0.05) is 18.7 Å². The number of nitrogens with zero attached hydrogens (tertiary/aromatic N) is 1. The smallest absolute Gasteiger partial charge is 0.293 e. The molecule has 0 aliphatic carbocycles. The highest BCUT2D eigenvalue weighted by Crippen LogP contribution is 2.38. The van der Waals surface area contributed by atoms with Gasteiger partial charge in [0.1, 0.15) is 11.5 Å². The van der Waals surface area contributed by atoms with Gasteiger partial charge in [-0.25, -0.2) is 4.39 Å². The Balaban J connectivity index is 2.46. The molecule has 0 spiro atoms. The first-order valence-corrected chi connectivity index (χ1v) is 8.16. The minimum Gasteiger partial charge on any atom is -0.372 e. The zero-order valence-corrected chi connectivity index (χ0v) is 15.2. The van der Waals surface area contributed by atoms with Crippen molar-refractivity contribution in [2.24, 2.45) is 5.41 Å². The third-order valence-corrected chi connectivity index (χ3v) is 4.05. The number of carbonyl (C=O) groups is 1. The number of nitrogens with one attached hydrogen (secondary N) is 2. The molecule has 0 aliphatic heterocycles. The van der Waals surface area contributed by atoms with Crippen molar-refractivity contribution in [1.29, 1.82) is 0 Å². The molecular weight excluding hydrogens is 337 g/mol. The fourth-order valence-corrected chi connectivity index (χ4v) is 2.70. The van der Waals surface area contributed by atoms with Gasteiger partial charge < -0.3 is 10.6 Å². The monoisotopic (exact) mass is 359 g/mol. The van der Waals surface area contributed by atoms with Crippen LogP contribution in [0.1, 0.15) is 42.7 Å². The summed E-state index contributed by atoms with van der Waals surface area (Å²) in [5, 5.41) is 17.1. The number of halogens is 1. The summed E-state index contributed by atoms with van der Waals surface area (Å²) in [5.41, 5.74) is 0.822. The molecule has 138 valence electrons. The van der Waals surface area contributed by atoms with Crippen LogP contribution in [0.25, 0.3) is 0 Å². The highest BCUT2D eigenvalue weighted by Gasteiger charge is 2.29. The van der Waals surface area contributed by atoms with E-state index in [4.69, 9.17) is 0 Å². The maximum absolute atomic E-state index is 13.2. The molecule has 2 aromatic carbocycles. The summed E-state index contributed by atoms with van der Waals surface area (Å²) < 4.78 is 13.2. The largest absolute Gasteiger partial charge is 0.372 e. The Morgan fingerprint density at radius 2 is 1.77 bits per heavy atom. The number of benzene rings is 2. The second kappa shape index (κ2) is 7.51. The molecule has 0 aromatic heterocycles. The van der Waals surface area contributed by atoms with Crippen molar-refractivity contribution in [3.63, 3.8) is 0 Å². The first kappa shape index (κ1) is 19.4. The summed E-state index contributed by atoms with van der Waals surface area (Å²) >= 11 is 0. The van der Waals surface area contributed by atoms with Gasteiger partial charge in [0.15, 0.2) is 0 Å². The highest BCUT2D eigenvalue weighted by molar-refractivity contribution is 5.95. The van der Waals surface area contributed by atoms with E-state index in [0.717, 1.165) is 5.56 Å². The number of amides is 1. The van der Waals surface area contributed by atoms with E-state index in [9.17, 15) is 19.3 Å². The number of nitro benzene ring substituents is 1. The van der Waals surface area contributed by atoms with Crippen LogP contribution in [0, 0.1) is 21.3 Å². The quantitative estimate of drug-likeness (QED) is 0.616. The molecule has 2 rings (SSSR count). The average molecular weight is 359 g/mol. The van der Waals surface area contributed by atoms with Crippen LogP contribution < -0.4 is 10.6 Å². The summed E-state index contributed by atoms with van der Waals surface area (Å²) in [6, 6.07) is 10.0. The first-order valence-electron chi connectivity index (χ1n) is 8.16. The summed E-state index contributed by atoms with van der Waals surface area (Å²) in [6.45, 7) is 5.95. The van der Waals surface area contributed by atoms with Crippen LogP contribution in [-0.2, 0) is 0 Å². The minimum atomic E-state index is -0.529. The van der Waals surface area contributed by atoms with Gasteiger partial charge in [0.05, 0.1) is 11.0 Å². The van der Waals surface area contributed by atoms with Crippen LogP contribution >= 0.6 is 0 Å². The number of rotatable bonds is 5. The minimum absolute atomic E-state index is 0.192. The van der Waals surface area contributed by atoms with Crippen LogP contribution in [0.4, 0.5) is 15.8 Å². The molecule has 1 amide bonds. The van der Waals surface area contributed by atoms with Crippen molar-refractivity contribution >= 4 is 17.3 Å². The zero-order chi connectivity index (χ0) is 19.5. The molecular formula is C19H22FN3O3. The van der Waals surface area contributed by atoms with Gasteiger partial charge >= 0.3 is 0 Å². The lowest BCUT2D eigenvalue weighted by Gasteiger charge is -2.32. The van der Waals surface area contributed by atoms with E-state index in [1.54, 1.807) is 12.1 Å². The van der Waals surface area contributed by atoms with Crippen molar-refractivity contribution in [2.75, 3.05) is 12.4 Å². The van der Waals surface area contributed by atoms with Crippen molar-refractivity contribution in [1.82, 2.24) is 5.32 Å². The Morgan fingerprint density at radius 3 is 2.27 bits per heavy atom. The van der Waals surface area contributed by atoms with Crippen molar-refractivity contribution in [3.8, 4) is 0 Å². The van der Waals surface area contributed by atoms with Gasteiger partial charge in [-0.15, -0.1) is 0 Å². The fourth-order valence-electron chi connectivity index (χ4n) is 2.70. The predicted molar refractivity (Wildman–Crippen MR) is 98.7 cm³/mol. The lowest BCUT2D eigenvalue weighted by Crippen LogP contribution is -2.26. The summed E-state index contributed by atoms with van der Waals surface area (Å²) in [6.07, 6.45) is 0. The molecule has 2 N–H and O–H groups in total. The van der Waals surface area contributed by atoms with Crippen LogP contribution in [0.3, 0.4) is 0 Å². The van der Waals surface area contributed by atoms with Gasteiger partial charge in [-0.3, -0.25) is 14.9 Å². The van der Waals surface area contributed by atoms with E-state index in [-0.39, 0.29) is 28.5 Å². The Hall–Kier alpha value is -2.96. The third-order valence-electron chi connectivity index (χ3n) is 4.05. The SMILES string of the molecule is CNC(=O)c1ccc(NC(c2ccc(F)cc2)C(C)(C)C)c([N+](=O)[O-])c1. The van der Waals surface area contributed by atoms with Crippen LogP contribution in [0.2, 0.25) is 0 Å². The molecule has 26 heavy (non-hydrogen) atoms. The van der Waals surface area contributed by atoms with Gasteiger partial charge in [0.25, 0.3) is 11.6 Å². The van der Waals surface area contributed by atoms with E-state index in [2.05, 4.69) is 10.6 Å². The molecule has 0 aliphatic rings. The van der Waals surface area contributed by atoms with E-state index in [0.29, 0.717) is 5.69 Å². The molecule has 0 fully saturated rings. The average Bonchev–Trinajstić information content (AvgIpc) is 2.58. The molecule has 0 radical (unpaired) electrons. The Kier molecular flexibility index (Phi) is 5.59. The number of hydrogen-bond acceptors (Lipinski definition) is 4. The molecule has 0 heterocycles. The maximum Gasteiger partial charge on any atom is 0.293 e. The van der Waals surface area contributed by atoms with Gasteiger partial charge in [-0.05, 0) is 35.2 Å². The van der Waals surface area contributed by atoms with Crippen LogP contribution in [-0.4, -0.2) is 17.9 Å². The fraction of sp³-hybridized carbons (Fsp3) is 0.316. The van der Waals surface area contributed by atoms with E-state index < -0.39 is 10.8 Å². The molecule has 0 saturated carbocycles. The summed E-state index contributed by atoms with van der Waals surface area (Å²) in [4.78, 5) is 22.7. The predicted octanol–water partition coefficient (Wildman–Crippen LogP) is 4.29. The lowest BCUT2D eigenvalue weighted by atomic mass is 9.82. The topological polar surface area (TPSA) is 84.3 Å². The molecule has 1 atom stereocenters. The van der Waals surface area contributed by atoms with E-state index in [1.807, 2.05) is 20.8 Å². The number of anilines is 1. The number of nitro groups is 1. The van der Waals surface area contributed by atoms with Crippen molar-refractivity contribution in [3.05, 3.63) is 69.5 Å². The Morgan fingerprint density at radius 1 is 1.15 bits per heavy atom. The normalized spacial score (nSPS) is 12.3. The number of carbonyl (C=O) groups excluding carboxylic acids is 1. The van der Waals surface area contributed by atoms with Crippen LogP contribution in [0.15, 0.2) is 42.5 Å². The highest BCUT2D eigenvalue weighted by atomic mass is 19.1. The summed E-state index contributed by atoms with van der Waals surface area (Å²) in [5.74, 6) is -0.743. The van der Waals surface area contributed by atoms with Gasteiger partial charge in [-0.1, -0.05) is 32.9 Å². The second-order valence-corrected chi connectivity index (χ2v) is 7.06. The third kappa shape index (κ3) is 4.36. The molecule has 0 saturated heterocycles. The Labute approximate surface area is 151 Å². The first-order chi connectivity index (χ1) is 12.1. The standard InChI is InChI=1S/C19H22FN3O3/c1-19(2,3)17(12-5-8-14(20)9-6-12)22-15-10-7-13(18(24)21-4)11-16(15)23(25)26/h5-11,17,22H,1-4H3,(H,21,24). The molecule has 2 aromatic rings. The van der Waals surface area contributed by atoms with Crippen molar-refractivity contribution in [2.45, 2.75) is 26.8 Å². The summed E-state index contributed by atoms with van der Waals surface area (Å²) in [7, 11) is 1.46. The van der Waals surface area contributed by atoms with Crippen LogP contribution in [0.5, 0.6) is 0 Å². The lowest BCUT2D eigenvalue weighted by molar-refractivity contribution is -0.384. The van der Waals surface area contributed by atoms with Crippen molar-refractivity contribution < 1.29 is 14.1 Å². The molecule has 7 heteroatoms. The zero-order valence-electron chi connectivity index (χ0n) is 15.2.